The number of hydrogen-bond donors (Lipinski definition) is 0. The summed E-state index contributed by atoms with van der Waals surface area (Å²) in [5, 5.41) is 0. The van der Waals surface area contributed by atoms with Crippen molar-refractivity contribution in [1.29, 1.82) is 0 Å². The SMILES string of the molecule is C=C(C)Cn1cc(C)c2nc(-c3ccc(C(C)C)nc3OC)c(C)cc21. The predicted molar refractivity (Wildman–Crippen MR) is 108 cm³/mol. The third kappa shape index (κ3) is 3.24. The van der Waals surface area contributed by atoms with E-state index in [1.807, 2.05) is 6.92 Å². The lowest BCUT2D eigenvalue weighted by Crippen LogP contribution is -2.01. The van der Waals surface area contributed by atoms with Gasteiger partial charge in [-0.05, 0) is 56.0 Å². The first-order valence-corrected chi connectivity index (χ1v) is 8.98. The van der Waals surface area contributed by atoms with Crippen LogP contribution in [0.15, 0.2) is 36.5 Å². The summed E-state index contributed by atoms with van der Waals surface area (Å²) < 4.78 is 7.79. The maximum absolute atomic E-state index is 5.58. The molecular formula is C22H27N3O. The average Bonchev–Trinajstić information content (AvgIpc) is 2.87. The summed E-state index contributed by atoms with van der Waals surface area (Å²) in [6.45, 7) is 15.3. The summed E-state index contributed by atoms with van der Waals surface area (Å²) in [4.78, 5) is 9.66. The highest BCUT2D eigenvalue weighted by atomic mass is 16.5. The minimum atomic E-state index is 0.355. The molecule has 0 saturated carbocycles. The van der Waals surface area contributed by atoms with Gasteiger partial charge in [0.15, 0.2) is 0 Å². The highest BCUT2D eigenvalue weighted by molar-refractivity contribution is 5.85. The second-order valence-electron chi connectivity index (χ2n) is 7.37. The molecule has 3 aromatic rings. The van der Waals surface area contributed by atoms with E-state index in [0.29, 0.717) is 11.8 Å². The van der Waals surface area contributed by atoms with Gasteiger partial charge in [-0.25, -0.2) is 9.97 Å². The number of rotatable bonds is 5. The molecule has 0 aliphatic heterocycles. The molecule has 0 radical (unpaired) electrons. The summed E-state index contributed by atoms with van der Waals surface area (Å²) in [6.07, 6.45) is 2.15. The molecule has 0 aromatic carbocycles. The number of pyridine rings is 2. The minimum Gasteiger partial charge on any atom is -0.480 e. The molecule has 0 N–H and O–H groups in total. The fraction of sp³-hybridized carbons (Fsp3) is 0.364. The monoisotopic (exact) mass is 349 g/mol. The Hall–Kier alpha value is -2.62. The summed E-state index contributed by atoms with van der Waals surface area (Å²) >= 11 is 0. The first-order valence-electron chi connectivity index (χ1n) is 8.98. The van der Waals surface area contributed by atoms with Crippen molar-refractivity contribution in [2.45, 2.75) is 47.1 Å². The normalized spacial score (nSPS) is 11.3. The molecule has 0 aliphatic rings. The van der Waals surface area contributed by atoms with Crippen molar-refractivity contribution in [3.05, 3.63) is 53.4 Å². The Bertz CT molecular complexity index is 983. The smallest absolute Gasteiger partial charge is 0.222 e. The zero-order valence-corrected chi connectivity index (χ0v) is 16.6. The van der Waals surface area contributed by atoms with E-state index in [1.54, 1.807) is 7.11 Å². The largest absolute Gasteiger partial charge is 0.480 e. The van der Waals surface area contributed by atoms with Crippen LogP contribution < -0.4 is 4.74 Å². The second-order valence-corrected chi connectivity index (χ2v) is 7.37. The summed E-state index contributed by atoms with van der Waals surface area (Å²) in [5.41, 5.74) is 8.42. The molecule has 4 heteroatoms. The zero-order chi connectivity index (χ0) is 19.0. The molecule has 3 rings (SSSR count). The number of allylic oxidation sites excluding steroid dienone is 1. The van der Waals surface area contributed by atoms with Gasteiger partial charge in [0, 0.05) is 18.4 Å². The molecular weight excluding hydrogens is 322 g/mol. The molecule has 0 unspecified atom stereocenters. The van der Waals surface area contributed by atoms with E-state index in [2.05, 4.69) is 68.2 Å². The van der Waals surface area contributed by atoms with Gasteiger partial charge in [0.05, 0.1) is 29.4 Å². The zero-order valence-electron chi connectivity index (χ0n) is 16.6. The van der Waals surface area contributed by atoms with Gasteiger partial charge in [0.2, 0.25) is 5.88 Å². The van der Waals surface area contributed by atoms with Crippen LogP contribution in [0, 0.1) is 13.8 Å². The number of methoxy groups -OCH3 is 1. The maximum Gasteiger partial charge on any atom is 0.222 e. The Kier molecular flexibility index (Phi) is 4.86. The van der Waals surface area contributed by atoms with Gasteiger partial charge in [0.25, 0.3) is 0 Å². The summed E-state index contributed by atoms with van der Waals surface area (Å²) in [7, 11) is 1.67. The molecule has 0 fully saturated rings. The molecule has 136 valence electrons. The lowest BCUT2D eigenvalue weighted by molar-refractivity contribution is 0.397. The highest BCUT2D eigenvalue weighted by Gasteiger charge is 2.17. The van der Waals surface area contributed by atoms with Crippen molar-refractivity contribution in [3.8, 4) is 17.1 Å². The topological polar surface area (TPSA) is 39.9 Å². The Labute approximate surface area is 155 Å². The van der Waals surface area contributed by atoms with Crippen LogP contribution in [0.5, 0.6) is 5.88 Å². The van der Waals surface area contributed by atoms with Gasteiger partial charge in [-0.15, -0.1) is 0 Å². The lowest BCUT2D eigenvalue weighted by Gasteiger charge is -2.13. The van der Waals surface area contributed by atoms with E-state index in [9.17, 15) is 0 Å². The minimum absolute atomic E-state index is 0.355. The molecule has 4 nitrogen and oxygen atoms in total. The van der Waals surface area contributed by atoms with E-state index < -0.39 is 0 Å². The maximum atomic E-state index is 5.58. The Morgan fingerprint density at radius 2 is 1.92 bits per heavy atom. The predicted octanol–water partition coefficient (Wildman–Crippen LogP) is 5.42. The van der Waals surface area contributed by atoms with Crippen LogP contribution in [0.1, 0.15) is 43.5 Å². The van der Waals surface area contributed by atoms with Crippen LogP contribution in [0.2, 0.25) is 0 Å². The summed E-state index contributed by atoms with van der Waals surface area (Å²) in [6, 6.07) is 6.33. The number of ether oxygens (including phenoxy) is 1. The molecule has 3 aromatic heterocycles. The number of nitrogens with zero attached hydrogens (tertiary/aromatic N) is 3. The van der Waals surface area contributed by atoms with Gasteiger partial charge >= 0.3 is 0 Å². The van der Waals surface area contributed by atoms with E-state index >= 15 is 0 Å². The first-order chi connectivity index (χ1) is 12.3. The molecule has 0 atom stereocenters. The molecule has 0 amide bonds. The summed E-state index contributed by atoms with van der Waals surface area (Å²) in [5.74, 6) is 0.984. The quantitative estimate of drug-likeness (QED) is 0.577. The number of aromatic nitrogens is 3. The van der Waals surface area contributed by atoms with Crippen molar-refractivity contribution in [3.63, 3.8) is 0 Å². The Balaban J connectivity index is 2.19. The van der Waals surface area contributed by atoms with E-state index in [-0.39, 0.29) is 0 Å². The van der Waals surface area contributed by atoms with Crippen molar-refractivity contribution in [2.75, 3.05) is 7.11 Å². The third-order valence-electron chi connectivity index (χ3n) is 4.59. The Morgan fingerprint density at radius 1 is 1.19 bits per heavy atom. The van der Waals surface area contributed by atoms with Gasteiger partial charge in [0.1, 0.15) is 0 Å². The second kappa shape index (κ2) is 6.94. The van der Waals surface area contributed by atoms with Gasteiger partial charge < -0.3 is 9.30 Å². The molecule has 0 saturated heterocycles. The fourth-order valence-electron chi connectivity index (χ4n) is 3.28. The molecule has 0 spiro atoms. The molecule has 0 bridgehead atoms. The average molecular weight is 349 g/mol. The molecule has 3 heterocycles. The first kappa shape index (κ1) is 18.2. The van der Waals surface area contributed by atoms with Crippen LogP contribution >= 0.6 is 0 Å². The molecule has 0 aliphatic carbocycles. The van der Waals surface area contributed by atoms with Crippen LogP contribution in [-0.2, 0) is 6.54 Å². The number of hydrogen-bond acceptors (Lipinski definition) is 3. The standard InChI is InChI=1S/C22H27N3O/c1-13(2)11-25-12-16(6)21-19(25)10-15(5)20(24-21)17-8-9-18(14(3)4)23-22(17)26-7/h8-10,12,14H,1,11H2,2-7H3. The van der Waals surface area contributed by atoms with E-state index in [1.165, 1.54) is 0 Å². The highest BCUT2D eigenvalue weighted by Crippen LogP contribution is 2.33. The van der Waals surface area contributed by atoms with Crippen molar-refractivity contribution < 1.29 is 4.74 Å². The number of aryl methyl sites for hydroxylation is 2. The van der Waals surface area contributed by atoms with Crippen molar-refractivity contribution in [1.82, 2.24) is 14.5 Å². The van der Waals surface area contributed by atoms with E-state index in [0.717, 1.165) is 51.2 Å². The van der Waals surface area contributed by atoms with Crippen LogP contribution in [-0.4, -0.2) is 21.6 Å². The number of fused-ring (bicyclic) bond motifs is 1. The molecule has 26 heavy (non-hydrogen) atoms. The van der Waals surface area contributed by atoms with Gasteiger partial charge in [-0.3, -0.25) is 0 Å². The van der Waals surface area contributed by atoms with Gasteiger partial charge in [-0.2, -0.15) is 0 Å². The van der Waals surface area contributed by atoms with E-state index in [4.69, 9.17) is 9.72 Å². The van der Waals surface area contributed by atoms with Crippen LogP contribution in [0.4, 0.5) is 0 Å². The Morgan fingerprint density at radius 3 is 2.54 bits per heavy atom. The lowest BCUT2D eigenvalue weighted by atomic mass is 10.0. The van der Waals surface area contributed by atoms with Gasteiger partial charge in [-0.1, -0.05) is 26.0 Å². The van der Waals surface area contributed by atoms with Crippen molar-refractivity contribution >= 4 is 11.0 Å². The van der Waals surface area contributed by atoms with Crippen molar-refractivity contribution in [2.24, 2.45) is 0 Å². The fourth-order valence-corrected chi connectivity index (χ4v) is 3.28. The third-order valence-corrected chi connectivity index (χ3v) is 4.59. The van der Waals surface area contributed by atoms with Crippen LogP contribution in [0.25, 0.3) is 22.3 Å². The van der Waals surface area contributed by atoms with Crippen LogP contribution in [0.3, 0.4) is 0 Å².